The summed E-state index contributed by atoms with van der Waals surface area (Å²) in [6, 6.07) is 6.36. The summed E-state index contributed by atoms with van der Waals surface area (Å²) in [6.45, 7) is 3.11. The minimum Gasteiger partial charge on any atom is -0.391 e. The second-order valence-electron chi connectivity index (χ2n) is 10.4. The third-order valence-corrected chi connectivity index (χ3v) is 7.73. The van der Waals surface area contributed by atoms with Gasteiger partial charge in [-0.05, 0) is 73.6 Å². The molecule has 0 unspecified atom stereocenters. The molecule has 9 heteroatoms. The van der Waals surface area contributed by atoms with Crippen LogP contribution in [-0.4, -0.2) is 45.4 Å². The molecule has 1 saturated carbocycles. The number of rotatable bonds is 6. The lowest BCUT2D eigenvalue weighted by Gasteiger charge is -2.40. The molecule has 37 heavy (non-hydrogen) atoms. The van der Waals surface area contributed by atoms with Crippen molar-refractivity contribution in [2.75, 3.05) is 18.0 Å². The highest BCUT2D eigenvalue weighted by Gasteiger charge is 2.37. The highest BCUT2D eigenvalue weighted by Crippen LogP contribution is 2.42. The number of aromatic nitrogens is 2. The average molecular weight is 513 g/mol. The van der Waals surface area contributed by atoms with Gasteiger partial charge in [0.25, 0.3) is 0 Å². The molecule has 1 aromatic carbocycles. The van der Waals surface area contributed by atoms with E-state index in [0.717, 1.165) is 29.8 Å². The molecular weight excluding hydrogens is 481 g/mol. The number of aliphatic hydroxyl groups excluding tert-OH is 1. The zero-order valence-corrected chi connectivity index (χ0v) is 20.7. The lowest BCUT2D eigenvalue weighted by Crippen LogP contribution is -2.55. The highest BCUT2D eigenvalue weighted by atomic mass is 19.1. The summed E-state index contributed by atoms with van der Waals surface area (Å²) in [4.78, 5) is 10.6. The Morgan fingerprint density at radius 1 is 1.05 bits per heavy atom. The SMILES string of the molecule is C[C@H]1CN(c2ccncc2CCc2ccc(F)c(-c3c(F)cc(C4(O)CCC4)cc3F)n2)C[C@@H](N)[C@@H]1O. The van der Waals surface area contributed by atoms with Crippen molar-refractivity contribution >= 4 is 5.69 Å². The maximum Gasteiger partial charge on any atom is 0.149 e. The predicted molar refractivity (Wildman–Crippen MR) is 134 cm³/mol. The van der Waals surface area contributed by atoms with Crippen molar-refractivity contribution in [3.63, 3.8) is 0 Å². The van der Waals surface area contributed by atoms with Crippen LogP contribution in [0, 0.1) is 23.4 Å². The molecule has 0 amide bonds. The third-order valence-electron chi connectivity index (χ3n) is 7.73. The maximum absolute atomic E-state index is 15.0. The van der Waals surface area contributed by atoms with E-state index in [9.17, 15) is 23.4 Å². The van der Waals surface area contributed by atoms with Gasteiger partial charge in [0, 0.05) is 48.8 Å². The first-order chi connectivity index (χ1) is 17.7. The minimum atomic E-state index is -1.23. The minimum absolute atomic E-state index is 0.00674. The van der Waals surface area contributed by atoms with E-state index >= 15 is 0 Å². The largest absolute Gasteiger partial charge is 0.391 e. The number of nitrogens with two attached hydrogens (primary N) is 1. The molecule has 4 N–H and O–H groups in total. The van der Waals surface area contributed by atoms with Gasteiger partial charge in [-0.2, -0.15) is 0 Å². The third kappa shape index (κ3) is 4.95. The Hall–Kier alpha value is -3.01. The van der Waals surface area contributed by atoms with Crippen LogP contribution in [0.15, 0.2) is 42.7 Å². The van der Waals surface area contributed by atoms with Gasteiger partial charge in [0.1, 0.15) is 23.1 Å². The molecule has 196 valence electrons. The van der Waals surface area contributed by atoms with E-state index in [0.29, 0.717) is 44.5 Å². The van der Waals surface area contributed by atoms with Crippen LogP contribution in [0.5, 0.6) is 0 Å². The van der Waals surface area contributed by atoms with Crippen LogP contribution in [-0.2, 0) is 18.4 Å². The summed E-state index contributed by atoms with van der Waals surface area (Å²) in [5.74, 6) is -2.72. The Balaban J connectivity index is 1.38. The molecule has 3 atom stereocenters. The van der Waals surface area contributed by atoms with E-state index in [1.807, 2.05) is 13.0 Å². The maximum atomic E-state index is 15.0. The van der Waals surface area contributed by atoms with E-state index in [-0.39, 0.29) is 17.5 Å². The molecule has 1 aliphatic heterocycles. The van der Waals surface area contributed by atoms with Crippen LogP contribution in [0.4, 0.5) is 18.9 Å². The van der Waals surface area contributed by atoms with Gasteiger partial charge < -0.3 is 20.8 Å². The Morgan fingerprint density at radius 2 is 1.78 bits per heavy atom. The number of hydrogen-bond acceptors (Lipinski definition) is 6. The molecule has 0 bridgehead atoms. The van der Waals surface area contributed by atoms with E-state index < -0.39 is 40.4 Å². The molecular formula is C28H31F3N4O2. The van der Waals surface area contributed by atoms with Gasteiger partial charge in [-0.3, -0.25) is 4.98 Å². The van der Waals surface area contributed by atoms with Crippen molar-refractivity contribution in [2.24, 2.45) is 11.7 Å². The fraction of sp³-hybridized carbons (Fsp3) is 0.429. The molecule has 3 heterocycles. The second kappa shape index (κ2) is 10.0. The Labute approximate surface area is 214 Å². The van der Waals surface area contributed by atoms with Gasteiger partial charge in [0.05, 0.1) is 17.3 Å². The van der Waals surface area contributed by atoms with Gasteiger partial charge in [0.2, 0.25) is 0 Å². The van der Waals surface area contributed by atoms with Crippen LogP contribution in [0.25, 0.3) is 11.3 Å². The first-order valence-electron chi connectivity index (χ1n) is 12.7. The van der Waals surface area contributed by atoms with E-state index in [2.05, 4.69) is 14.9 Å². The normalized spacial score (nSPS) is 23.1. The van der Waals surface area contributed by atoms with Crippen LogP contribution < -0.4 is 10.6 Å². The zero-order chi connectivity index (χ0) is 26.3. The van der Waals surface area contributed by atoms with Gasteiger partial charge >= 0.3 is 0 Å². The van der Waals surface area contributed by atoms with Crippen LogP contribution in [0.3, 0.4) is 0 Å². The molecule has 2 aliphatic rings. The lowest BCUT2D eigenvalue weighted by atomic mass is 9.75. The topological polar surface area (TPSA) is 95.5 Å². The summed E-state index contributed by atoms with van der Waals surface area (Å²) in [7, 11) is 0. The Morgan fingerprint density at radius 3 is 2.43 bits per heavy atom. The van der Waals surface area contributed by atoms with E-state index in [1.165, 1.54) is 12.1 Å². The number of pyridine rings is 2. The number of hydrogen-bond donors (Lipinski definition) is 3. The molecule has 6 nitrogen and oxygen atoms in total. The number of anilines is 1. The predicted octanol–water partition coefficient (Wildman–Crippen LogP) is 3.86. The van der Waals surface area contributed by atoms with Crippen LogP contribution in [0.2, 0.25) is 0 Å². The van der Waals surface area contributed by atoms with E-state index in [1.54, 1.807) is 12.4 Å². The molecule has 3 aromatic rings. The van der Waals surface area contributed by atoms with Crippen molar-refractivity contribution in [3.05, 3.63) is 77.0 Å². The zero-order valence-electron chi connectivity index (χ0n) is 20.7. The molecule has 0 radical (unpaired) electrons. The molecule has 2 aromatic heterocycles. The van der Waals surface area contributed by atoms with Gasteiger partial charge in [-0.15, -0.1) is 0 Å². The smallest absolute Gasteiger partial charge is 0.149 e. The summed E-state index contributed by atoms with van der Waals surface area (Å²) < 4.78 is 44.7. The molecule has 1 saturated heterocycles. The van der Waals surface area contributed by atoms with Gasteiger partial charge in [0.15, 0.2) is 0 Å². The van der Waals surface area contributed by atoms with Gasteiger partial charge in [-0.1, -0.05) is 6.92 Å². The van der Waals surface area contributed by atoms with E-state index in [4.69, 9.17) is 5.73 Å². The quantitative estimate of drug-likeness (QED) is 0.464. The highest BCUT2D eigenvalue weighted by molar-refractivity contribution is 5.63. The first-order valence-corrected chi connectivity index (χ1v) is 12.7. The first kappa shape index (κ1) is 25.6. The van der Waals surface area contributed by atoms with Crippen molar-refractivity contribution in [2.45, 2.75) is 56.8 Å². The number of nitrogens with zero attached hydrogens (tertiary/aromatic N) is 3. The molecule has 5 rings (SSSR count). The van der Waals surface area contributed by atoms with Crippen LogP contribution in [0.1, 0.15) is 43.0 Å². The summed E-state index contributed by atoms with van der Waals surface area (Å²) in [5.41, 5.74) is 6.50. The summed E-state index contributed by atoms with van der Waals surface area (Å²) >= 11 is 0. The number of halogens is 3. The Kier molecular flexibility index (Phi) is 6.95. The lowest BCUT2D eigenvalue weighted by molar-refractivity contribution is -0.0392. The second-order valence-corrected chi connectivity index (χ2v) is 10.4. The standard InChI is InChI=1S/C28H31F3N4O2/c1-16-14-35(15-23(32)27(16)36)24-7-10-33-13-17(24)3-4-19-5-6-20(29)26(34-19)25-21(30)11-18(12-22(25)31)28(37)8-2-9-28/h5-7,10-13,16,23,27,36-37H,2-4,8-9,14-15,32H2,1H3/t16-,23+,27+/m0/s1. The van der Waals surface area contributed by atoms with Crippen molar-refractivity contribution < 1.29 is 23.4 Å². The Bertz CT molecular complexity index is 1270. The number of aliphatic hydroxyl groups is 2. The fourth-order valence-electron chi connectivity index (χ4n) is 5.36. The molecule has 0 spiro atoms. The van der Waals surface area contributed by atoms with Crippen LogP contribution >= 0.6 is 0 Å². The fourth-order valence-corrected chi connectivity index (χ4v) is 5.36. The van der Waals surface area contributed by atoms with Crippen molar-refractivity contribution in [1.82, 2.24) is 9.97 Å². The van der Waals surface area contributed by atoms with Crippen molar-refractivity contribution in [3.8, 4) is 11.3 Å². The molecule has 1 aliphatic carbocycles. The monoisotopic (exact) mass is 512 g/mol. The summed E-state index contributed by atoms with van der Waals surface area (Å²) in [5, 5.41) is 20.7. The number of benzene rings is 1. The number of piperidine rings is 1. The average Bonchev–Trinajstić information content (AvgIpc) is 2.85. The summed E-state index contributed by atoms with van der Waals surface area (Å²) in [6.07, 6.45) is 5.46. The van der Waals surface area contributed by atoms with Gasteiger partial charge in [-0.25, -0.2) is 18.2 Å². The molecule has 2 fully saturated rings. The number of aryl methyl sites for hydroxylation is 2. The van der Waals surface area contributed by atoms with Crippen molar-refractivity contribution in [1.29, 1.82) is 0 Å².